The molecular formula is C22H26N6O2. The molecule has 156 valence electrons. The third-order valence-corrected chi connectivity index (χ3v) is 5.58. The van der Waals surface area contributed by atoms with Gasteiger partial charge in [0.2, 0.25) is 0 Å². The van der Waals surface area contributed by atoms with E-state index >= 15 is 0 Å². The highest BCUT2D eigenvalue weighted by molar-refractivity contribution is 6.04. The molecule has 1 saturated heterocycles. The number of fused-ring (bicyclic) bond motifs is 1. The molecule has 0 saturated carbocycles. The molecule has 1 N–H and O–H groups in total. The Morgan fingerprint density at radius 3 is 2.47 bits per heavy atom. The van der Waals surface area contributed by atoms with E-state index in [9.17, 15) is 9.59 Å². The predicted octanol–water partition coefficient (Wildman–Crippen LogP) is 1.40. The second-order valence-electron chi connectivity index (χ2n) is 7.45. The van der Waals surface area contributed by atoms with Crippen LogP contribution in [0.4, 0.5) is 5.82 Å². The first-order valence-electron chi connectivity index (χ1n) is 10.2. The van der Waals surface area contributed by atoms with Crippen molar-refractivity contribution in [1.82, 2.24) is 25.0 Å². The summed E-state index contributed by atoms with van der Waals surface area (Å²) in [7, 11) is 1.55. The minimum atomic E-state index is -0.318. The number of anilines is 1. The molecule has 0 spiro atoms. The van der Waals surface area contributed by atoms with Gasteiger partial charge in [0.1, 0.15) is 5.82 Å². The first-order valence-corrected chi connectivity index (χ1v) is 10.2. The van der Waals surface area contributed by atoms with Crippen LogP contribution in [0.25, 0.3) is 10.8 Å². The highest BCUT2D eigenvalue weighted by Crippen LogP contribution is 2.15. The van der Waals surface area contributed by atoms with E-state index in [2.05, 4.69) is 32.1 Å². The van der Waals surface area contributed by atoms with Crippen LogP contribution in [0.1, 0.15) is 23.0 Å². The van der Waals surface area contributed by atoms with Crippen LogP contribution in [-0.4, -0.2) is 58.3 Å². The fourth-order valence-electron chi connectivity index (χ4n) is 3.74. The Hall–Kier alpha value is -3.26. The van der Waals surface area contributed by atoms with Crippen molar-refractivity contribution in [2.45, 2.75) is 13.5 Å². The molecule has 4 rings (SSSR count). The Morgan fingerprint density at radius 2 is 1.80 bits per heavy atom. The largest absolute Gasteiger partial charge is 0.354 e. The number of amides is 1. The van der Waals surface area contributed by atoms with E-state index in [-0.39, 0.29) is 17.2 Å². The zero-order valence-electron chi connectivity index (χ0n) is 17.3. The Balaban J connectivity index is 1.43. The number of hydrogen-bond acceptors (Lipinski definition) is 6. The van der Waals surface area contributed by atoms with Crippen LogP contribution in [-0.2, 0) is 13.6 Å². The third kappa shape index (κ3) is 4.04. The summed E-state index contributed by atoms with van der Waals surface area (Å²) in [6, 6.07) is 11.0. The van der Waals surface area contributed by atoms with Crippen molar-refractivity contribution < 1.29 is 4.79 Å². The van der Waals surface area contributed by atoms with Gasteiger partial charge in [0.25, 0.3) is 11.5 Å². The summed E-state index contributed by atoms with van der Waals surface area (Å²) < 4.78 is 1.20. The van der Waals surface area contributed by atoms with Gasteiger partial charge in [-0.25, -0.2) is 9.67 Å². The number of carbonyl (C=O) groups is 1. The van der Waals surface area contributed by atoms with Gasteiger partial charge in [-0.05, 0) is 24.2 Å². The lowest BCUT2D eigenvalue weighted by Gasteiger charge is -2.34. The zero-order chi connectivity index (χ0) is 21.1. The van der Waals surface area contributed by atoms with Crippen molar-refractivity contribution in [1.29, 1.82) is 0 Å². The molecule has 0 radical (unpaired) electrons. The van der Waals surface area contributed by atoms with Crippen LogP contribution in [0.3, 0.4) is 0 Å². The van der Waals surface area contributed by atoms with Crippen molar-refractivity contribution >= 4 is 22.5 Å². The van der Waals surface area contributed by atoms with Gasteiger partial charge in [-0.2, -0.15) is 5.10 Å². The molecule has 1 amide bonds. The Morgan fingerprint density at radius 1 is 1.07 bits per heavy atom. The van der Waals surface area contributed by atoms with Crippen molar-refractivity contribution in [3.05, 3.63) is 64.2 Å². The Kier molecular flexibility index (Phi) is 5.76. The summed E-state index contributed by atoms with van der Waals surface area (Å²) in [5, 5.41) is 8.09. The molecule has 0 unspecified atom stereocenters. The van der Waals surface area contributed by atoms with Crippen molar-refractivity contribution in [3.8, 4) is 0 Å². The second-order valence-corrected chi connectivity index (χ2v) is 7.45. The number of hydrogen-bond donors (Lipinski definition) is 1. The van der Waals surface area contributed by atoms with E-state index in [0.717, 1.165) is 44.1 Å². The maximum absolute atomic E-state index is 12.7. The highest BCUT2D eigenvalue weighted by atomic mass is 16.2. The third-order valence-electron chi connectivity index (χ3n) is 5.58. The van der Waals surface area contributed by atoms with Crippen LogP contribution in [0.15, 0.2) is 47.4 Å². The van der Waals surface area contributed by atoms with Gasteiger partial charge in [-0.3, -0.25) is 9.59 Å². The molecule has 8 nitrogen and oxygen atoms in total. The predicted molar refractivity (Wildman–Crippen MR) is 117 cm³/mol. The molecule has 8 heteroatoms. The molecule has 3 aromatic rings. The fraction of sp³-hybridized carbons (Fsp3) is 0.364. The van der Waals surface area contributed by atoms with Gasteiger partial charge in [0.05, 0.1) is 5.39 Å². The number of likely N-dealkylation sites (N-methyl/N-ethyl adjacent to an activating group) is 1. The SMILES string of the molecule is CCN1CCN(c2ccc(CNC(=O)c3nn(C)c(=O)c4ccccc34)cn2)CC1. The first kappa shape index (κ1) is 20.0. The Labute approximate surface area is 175 Å². The van der Waals surface area contributed by atoms with E-state index in [4.69, 9.17) is 0 Å². The molecule has 0 atom stereocenters. The van der Waals surface area contributed by atoms with Crippen LogP contribution >= 0.6 is 0 Å². The molecule has 0 bridgehead atoms. The van der Waals surface area contributed by atoms with Crippen molar-refractivity contribution in [2.75, 3.05) is 37.6 Å². The summed E-state index contributed by atoms with van der Waals surface area (Å²) in [5.74, 6) is 0.646. The van der Waals surface area contributed by atoms with Crippen molar-refractivity contribution in [2.24, 2.45) is 7.05 Å². The number of benzene rings is 1. The number of nitrogens with one attached hydrogen (secondary N) is 1. The number of piperazine rings is 1. The number of carbonyl (C=O) groups excluding carboxylic acids is 1. The van der Waals surface area contributed by atoms with Gasteiger partial charge >= 0.3 is 0 Å². The van der Waals surface area contributed by atoms with E-state index in [1.54, 1.807) is 37.5 Å². The average Bonchev–Trinajstić information content (AvgIpc) is 2.80. The van der Waals surface area contributed by atoms with E-state index in [0.29, 0.717) is 17.3 Å². The number of rotatable bonds is 5. The number of nitrogens with zero attached hydrogens (tertiary/aromatic N) is 5. The quantitative estimate of drug-likeness (QED) is 0.690. The summed E-state index contributed by atoms with van der Waals surface area (Å²) in [6.45, 7) is 7.66. The molecule has 1 aromatic carbocycles. The smallest absolute Gasteiger partial charge is 0.274 e. The average molecular weight is 406 g/mol. The van der Waals surface area contributed by atoms with Crippen LogP contribution < -0.4 is 15.8 Å². The van der Waals surface area contributed by atoms with Crippen LogP contribution in [0, 0.1) is 0 Å². The number of aryl methyl sites for hydroxylation is 1. The molecular weight excluding hydrogens is 380 g/mol. The summed E-state index contributed by atoms with van der Waals surface area (Å²) in [6.07, 6.45) is 1.80. The van der Waals surface area contributed by atoms with Gasteiger partial charge in [-0.1, -0.05) is 31.2 Å². The molecule has 1 aliphatic rings. The number of pyridine rings is 1. The maximum atomic E-state index is 12.7. The van der Waals surface area contributed by atoms with Crippen LogP contribution in [0.2, 0.25) is 0 Å². The lowest BCUT2D eigenvalue weighted by molar-refractivity contribution is 0.0945. The lowest BCUT2D eigenvalue weighted by atomic mass is 10.1. The zero-order valence-corrected chi connectivity index (χ0v) is 17.3. The summed E-state index contributed by atoms with van der Waals surface area (Å²) in [4.78, 5) is 34.3. The minimum absolute atomic E-state index is 0.221. The molecule has 1 aliphatic heterocycles. The molecule has 3 heterocycles. The van der Waals surface area contributed by atoms with Crippen molar-refractivity contribution in [3.63, 3.8) is 0 Å². The summed E-state index contributed by atoms with van der Waals surface area (Å²) in [5.41, 5.74) is 0.932. The molecule has 0 aliphatic carbocycles. The minimum Gasteiger partial charge on any atom is -0.354 e. The fourth-order valence-corrected chi connectivity index (χ4v) is 3.74. The van der Waals surface area contributed by atoms with E-state index < -0.39 is 0 Å². The van der Waals surface area contributed by atoms with Crippen LogP contribution in [0.5, 0.6) is 0 Å². The second kappa shape index (κ2) is 8.62. The number of aromatic nitrogens is 3. The standard InChI is InChI=1S/C22H26N6O2/c1-3-27-10-12-28(13-11-27)19-9-8-16(14-23-19)15-24-21(29)20-17-6-4-5-7-18(17)22(30)26(2)25-20/h4-9,14H,3,10-13,15H2,1-2H3,(H,24,29). The maximum Gasteiger partial charge on any atom is 0.274 e. The molecule has 1 fully saturated rings. The molecule has 2 aromatic heterocycles. The lowest BCUT2D eigenvalue weighted by Crippen LogP contribution is -2.46. The van der Waals surface area contributed by atoms with E-state index in [1.165, 1.54) is 4.68 Å². The van der Waals surface area contributed by atoms with Gasteiger partial charge in [0.15, 0.2) is 5.69 Å². The Bertz CT molecular complexity index is 1100. The first-order chi connectivity index (χ1) is 14.6. The summed E-state index contributed by atoms with van der Waals surface area (Å²) >= 11 is 0. The normalized spacial score (nSPS) is 14.8. The van der Waals surface area contributed by atoms with Gasteiger partial charge < -0.3 is 15.1 Å². The monoisotopic (exact) mass is 406 g/mol. The highest BCUT2D eigenvalue weighted by Gasteiger charge is 2.17. The van der Waals surface area contributed by atoms with Gasteiger partial charge in [0, 0.05) is 51.4 Å². The van der Waals surface area contributed by atoms with Gasteiger partial charge in [-0.15, -0.1) is 0 Å². The topological polar surface area (TPSA) is 83.4 Å². The molecule has 30 heavy (non-hydrogen) atoms. The van der Waals surface area contributed by atoms with E-state index in [1.807, 2.05) is 12.1 Å².